The predicted molar refractivity (Wildman–Crippen MR) is 76.7 cm³/mol. The molecular weight excluding hydrogens is 240 g/mol. The second-order valence-electron chi connectivity index (χ2n) is 4.97. The lowest BCUT2D eigenvalue weighted by molar-refractivity contribution is 0.0601. The van der Waals surface area contributed by atoms with Crippen molar-refractivity contribution in [1.82, 2.24) is 5.32 Å². The van der Waals surface area contributed by atoms with Gasteiger partial charge in [0.15, 0.2) is 0 Å². The molecule has 1 aliphatic rings. The molecule has 1 aromatic rings. The molecule has 0 spiro atoms. The molecule has 1 aliphatic heterocycles. The second-order valence-corrected chi connectivity index (χ2v) is 4.97. The number of nitrogens with one attached hydrogen (secondary N) is 1. The van der Waals surface area contributed by atoms with Gasteiger partial charge in [-0.05, 0) is 57.1 Å². The monoisotopic (exact) mass is 262 g/mol. The Hall–Kier alpha value is -1.55. The molecule has 4 nitrogen and oxygen atoms in total. The first-order valence-electron chi connectivity index (χ1n) is 6.88. The van der Waals surface area contributed by atoms with E-state index in [2.05, 4.69) is 17.1 Å². The maximum absolute atomic E-state index is 11.4. The van der Waals surface area contributed by atoms with E-state index in [1.807, 2.05) is 24.3 Å². The average molecular weight is 262 g/mol. The SMILES string of the molecule is COC(=O)c1ccc(N2CCCNCCC2C)cc1. The molecule has 4 heteroatoms. The fourth-order valence-electron chi connectivity index (χ4n) is 2.48. The molecule has 0 aliphatic carbocycles. The molecule has 0 radical (unpaired) electrons. The van der Waals surface area contributed by atoms with E-state index in [-0.39, 0.29) is 5.97 Å². The third kappa shape index (κ3) is 3.47. The summed E-state index contributed by atoms with van der Waals surface area (Å²) in [5.41, 5.74) is 1.79. The van der Waals surface area contributed by atoms with Gasteiger partial charge in [-0.1, -0.05) is 0 Å². The summed E-state index contributed by atoms with van der Waals surface area (Å²) >= 11 is 0. The first kappa shape index (κ1) is 13.9. The zero-order valence-corrected chi connectivity index (χ0v) is 11.7. The highest BCUT2D eigenvalue weighted by atomic mass is 16.5. The van der Waals surface area contributed by atoms with E-state index in [0.29, 0.717) is 11.6 Å². The Morgan fingerprint density at radius 2 is 2.05 bits per heavy atom. The van der Waals surface area contributed by atoms with Gasteiger partial charge in [0.25, 0.3) is 0 Å². The minimum atomic E-state index is -0.281. The van der Waals surface area contributed by atoms with E-state index >= 15 is 0 Å². The van der Waals surface area contributed by atoms with Gasteiger partial charge in [-0.15, -0.1) is 0 Å². The van der Waals surface area contributed by atoms with Gasteiger partial charge in [0.1, 0.15) is 0 Å². The van der Waals surface area contributed by atoms with Gasteiger partial charge in [-0.25, -0.2) is 4.79 Å². The van der Waals surface area contributed by atoms with Gasteiger partial charge in [0.2, 0.25) is 0 Å². The number of benzene rings is 1. The number of hydrogen-bond acceptors (Lipinski definition) is 4. The molecule has 1 aromatic carbocycles. The first-order chi connectivity index (χ1) is 9.22. The summed E-state index contributed by atoms with van der Waals surface area (Å²) < 4.78 is 4.72. The van der Waals surface area contributed by atoms with Crippen molar-refractivity contribution in [1.29, 1.82) is 0 Å². The molecular formula is C15H22N2O2. The van der Waals surface area contributed by atoms with Crippen LogP contribution in [0.25, 0.3) is 0 Å². The molecule has 1 saturated heterocycles. The Balaban J connectivity index is 2.12. The van der Waals surface area contributed by atoms with Gasteiger partial charge < -0.3 is 15.0 Å². The molecule has 19 heavy (non-hydrogen) atoms. The number of carbonyl (C=O) groups is 1. The van der Waals surface area contributed by atoms with Crippen molar-refractivity contribution in [2.75, 3.05) is 31.6 Å². The first-order valence-corrected chi connectivity index (χ1v) is 6.88. The van der Waals surface area contributed by atoms with Gasteiger partial charge in [-0.2, -0.15) is 0 Å². The number of carbonyl (C=O) groups excluding carboxylic acids is 1. The summed E-state index contributed by atoms with van der Waals surface area (Å²) in [6.45, 7) is 5.44. The zero-order valence-electron chi connectivity index (χ0n) is 11.7. The lowest BCUT2D eigenvalue weighted by atomic mass is 10.1. The van der Waals surface area contributed by atoms with Crippen LogP contribution in [-0.4, -0.2) is 38.8 Å². The van der Waals surface area contributed by atoms with Crippen LogP contribution in [0.4, 0.5) is 5.69 Å². The average Bonchev–Trinajstić information content (AvgIpc) is 2.43. The minimum Gasteiger partial charge on any atom is -0.465 e. The third-order valence-electron chi connectivity index (χ3n) is 3.64. The molecule has 1 heterocycles. The van der Waals surface area contributed by atoms with Crippen molar-refractivity contribution >= 4 is 11.7 Å². The van der Waals surface area contributed by atoms with E-state index in [1.54, 1.807) is 0 Å². The van der Waals surface area contributed by atoms with E-state index < -0.39 is 0 Å². The summed E-state index contributed by atoms with van der Waals surface area (Å²) in [5, 5.41) is 3.43. The van der Waals surface area contributed by atoms with Crippen LogP contribution in [0.3, 0.4) is 0 Å². The Kier molecular flexibility index (Phi) is 4.80. The largest absolute Gasteiger partial charge is 0.465 e. The molecule has 1 atom stereocenters. The van der Waals surface area contributed by atoms with E-state index in [0.717, 1.165) is 32.5 Å². The van der Waals surface area contributed by atoms with Gasteiger partial charge in [-0.3, -0.25) is 0 Å². The minimum absolute atomic E-state index is 0.281. The van der Waals surface area contributed by atoms with Gasteiger partial charge in [0.05, 0.1) is 12.7 Å². The van der Waals surface area contributed by atoms with Crippen molar-refractivity contribution in [3.8, 4) is 0 Å². The van der Waals surface area contributed by atoms with E-state index in [4.69, 9.17) is 4.74 Å². The van der Waals surface area contributed by atoms with Crippen molar-refractivity contribution < 1.29 is 9.53 Å². The Labute approximate surface area is 114 Å². The van der Waals surface area contributed by atoms with Crippen LogP contribution < -0.4 is 10.2 Å². The van der Waals surface area contributed by atoms with Crippen LogP contribution in [0.1, 0.15) is 30.1 Å². The molecule has 1 fully saturated rings. The maximum atomic E-state index is 11.4. The Morgan fingerprint density at radius 3 is 2.74 bits per heavy atom. The fraction of sp³-hybridized carbons (Fsp3) is 0.533. The highest BCUT2D eigenvalue weighted by molar-refractivity contribution is 5.89. The maximum Gasteiger partial charge on any atom is 0.337 e. The highest BCUT2D eigenvalue weighted by Gasteiger charge is 2.16. The normalized spacial score (nSPS) is 20.5. The van der Waals surface area contributed by atoms with Crippen molar-refractivity contribution in [2.24, 2.45) is 0 Å². The number of esters is 1. The smallest absolute Gasteiger partial charge is 0.337 e. The molecule has 0 bridgehead atoms. The summed E-state index contributed by atoms with van der Waals surface area (Å²) in [6.07, 6.45) is 2.28. The van der Waals surface area contributed by atoms with Crippen molar-refractivity contribution in [3.63, 3.8) is 0 Å². The van der Waals surface area contributed by atoms with E-state index in [9.17, 15) is 4.79 Å². The summed E-state index contributed by atoms with van der Waals surface area (Å²) in [7, 11) is 1.41. The lowest BCUT2D eigenvalue weighted by Gasteiger charge is -2.33. The highest BCUT2D eigenvalue weighted by Crippen LogP contribution is 2.20. The number of methoxy groups -OCH3 is 1. The van der Waals surface area contributed by atoms with E-state index in [1.165, 1.54) is 12.8 Å². The number of nitrogens with zero attached hydrogens (tertiary/aromatic N) is 1. The summed E-state index contributed by atoms with van der Waals surface area (Å²) in [5.74, 6) is -0.281. The third-order valence-corrected chi connectivity index (χ3v) is 3.64. The van der Waals surface area contributed by atoms with Crippen LogP contribution in [0.5, 0.6) is 0 Å². The van der Waals surface area contributed by atoms with Crippen LogP contribution in [0.2, 0.25) is 0 Å². The molecule has 0 amide bonds. The van der Waals surface area contributed by atoms with Crippen LogP contribution in [-0.2, 0) is 4.74 Å². The number of rotatable bonds is 2. The molecule has 0 saturated carbocycles. The van der Waals surface area contributed by atoms with Gasteiger partial charge in [0, 0.05) is 18.3 Å². The van der Waals surface area contributed by atoms with Crippen LogP contribution in [0.15, 0.2) is 24.3 Å². The summed E-state index contributed by atoms with van der Waals surface area (Å²) in [4.78, 5) is 13.8. The molecule has 2 rings (SSSR count). The molecule has 104 valence electrons. The molecule has 1 N–H and O–H groups in total. The predicted octanol–water partition coefficient (Wildman–Crippen LogP) is 2.05. The molecule has 0 aromatic heterocycles. The van der Waals surface area contributed by atoms with Crippen molar-refractivity contribution in [2.45, 2.75) is 25.8 Å². The lowest BCUT2D eigenvalue weighted by Crippen LogP contribution is -2.40. The van der Waals surface area contributed by atoms with Crippen LogP contribution >= 0.6 is 0 Å². The summed E-state index contributed by atoms with van der Waals surface area (Å²) in [6, 6.07) is 8.21. The topological polar surface area (TPSA) is 41.6 Å². The standard InChI is InChI=1S/C15H22N2O2/c1-12-8-10-16-9-3-11-17(12)14-6-4-13(5-7-14)15(18)19-2/h4-7,12,16H,3,8-11H2,1-2H3. The second kappa shape index (κ2) is 6.57. The Morgan fingerprint density at radius 1 is 1.32 bits per heavy atom. The zero-order chi connectivity index (χ0) is 13.7. The fourth-order valence-corrected chi connectivity index (χ4v) is 2.48. The number of anilines is 1. The number of ether oxygens (including phenoxy) is 1. The Bertz CT molecular complexity index is 417. The van der Waals surface area contributed by atoms with Crippen molar-refractivity contribution in [3.05, 3.63) is 29.8 Å². The van der Waals surface area contributed by atoms with Crippen LogP contribution in [0, 0.1) is 0 Å². The number of hydrogen-bond donors (Lipinski definition) is 1. The quantitative estimate of drug-likeness (QED) is 0.828. The molecule has 1 unspecified atom stereocenters. The van der Waals surface area contributed by atoms with Gasteiger partial charge >= 0.3 is 5.97 Å².